The Morgan fingerprint density at radius 3 is 2.63 bits per heavy atom. The minimum Gasteiger partial charge on any atom is -0.494 e. The lowest BCUT2D eigenvalue weighted by Gasteiger charge is -2.30. The van der Waals surface area contributed by atoms with Crippen molar-refractivity contribution in [1.29, 1.82) is 5.26 Å². The van der Waals surface area contributed by atoms with Gasteiger partial charge >= 0.3 is 0 Å². The molecule has 0 aromatic heterocycles. The second-order valence-electron chi connectivity index (χ2n) is 6.89. The van der Waals surface area contributed by atoms with Gasteiger partial charge in [-0.25, -0.2) is 0 Å². The number of amides is 1. The molecule has 7 heteroatoms. The molecule has 1 aliphatic heterocycles. The molecule has 0 fully saturated rings. The summed E-state index contributed by atoms with van der Waals surface area (Å²) in [7, 11) is 0. The topological polar surface area (TPSA) is 74.5 Å². The highest BCUT2D eigenvalue weighted by Crippen LogP contribution is 2.42. The van der Waals surface area contributed by atoms with Crippen LogP contribution in [0.1, 0.15) is 32.3 Å². The number of anilines is 1. The summed E-state index contributed by atoms with van der Waals surface area (Å²) in [5.41, 5.74) is 2.82. The predicted molar refractivity (Wildman–Crippen MR) is 120 cm³/mol. The zero-order valence-electron chi connectivity index (χ0n) is 16.9. The van der Waals surface area contributed by atoms with Gasteiger partial charge in [-0.15, -0.1) is 0 Å². The molecule has 0 saturated carbocycles. The van der Waals surface area contributed by atoms with Gasteiger partial charge < -0.3 is 10.1 Å². The zero-order chi connectivity index (χ0) is 21.8. The molecule has 1 heterocycles. The fraction of sp³-hybridized carbons (Fsp3) is 0.261. The molecule has 0 spiro atoms. The number of hydrogen-bond acceptors (Lipinski definition) is 4. The van der Waals surface area contributed by atoms with E-state index in [-0.39, 0.29) is 5.91 Å². The highest BCUT2D eigenvalue weighted by molar-refractivity contribution is 6.36. The third kappa shape index (κ3) is 4.35. The lowest BCUT2D eigenvalue weighted by molar-refractivity contribution is -0.113. The molecule has 3 rings (SSSR count). The van der Waals surface area contributed by atoms with E-state index >= 15 is 0 Å². The average Bonchev–Trinajstić information content (AvgIpc) is 2.70. The number of para-hydroxylation sites is 1. The third-order valence-electron chi connectivity index (χ3n) is 4.95. The number of halogens is 2. The van der Waals surface area contributed by atoms with Crippen LogP contribution in [0.3, 0.4) is 0 Å². The van der Waals surface area contributed by atoms with Crippen molar-refractivity contribution in [2.75, 3.05) is 11.9 Å². The molecule has 2 aromatic rings. The van der Waals surface area contributed by atoms with Crippen molar-refractivity contribution in [3.8, 4) is 11.8 Å². The summed E-state index contributed by atoms with van der Waals surface area (Å²) in [6.07, 6.45) is 0. The predicted octanol–water partition coefficient (Wildman–Crippen LogP) is 6.00. The van der Waals surface area contributed by atoms with Crippen molar-refractivity contribution in [2.45, 2.75) is 26.7 Å². The first-order valence-corrected chi connectivity index (χ1v) is 10.3. The number of hydrogen-bond donors (Lipinski definition) is 1. The molecule has 2 aromatic carbocycles. The van der Waals surface area contributed by atoms with Crippen LogP contribution in [0, 0.1) is 17.2 Å². The van der Waals surface area contributed by atoms with Crippen LogP contribution in [0.15, 0.2) is 58.7 Å². The Bertz CT molecular complexity index is 1090. The number of benzene rings is 2. The normalized spacial score (nSPS) is 18.5. The van der Waals surface area contributed by atoms with Crippen molar-refractivity contribution in [1.82, 2.24) is 0 Å². The van der Waals surface area contributed by atoms with Gasteiger partial charge in [0.2, 0.25) is 0 Å². The third-order valence-corrected chi connectivity index (χ3v) is 5.49. The van der Waals surface area contributed by atoms with Gasteiger partial charge in [-0.3, -0.25) is 9.79 Å². The van der Waals surface area contributed by atoms with Gasteiger partial charge in [0, 0.05) is 33.5 Å². The standard InChI is InChI=1S/C23H21Cl2N3O2/c1-4-30-20-8-6-5-7-16(20)22-17(12-26)13(2)27-14(3)21(22)23(29)28-19-10-9-15(24)11-18(19)25/h5-11,17,22H,4H2,1-3H3,(H,28,29). The molecule has 1 aliphatic rings. The number of carbonyl (C=O) groups excluding carboxylic acids is 1. The van der Waals surface area contributed by atoms with Crippen LogP contribution in [0.5, 0.6) is 5.75 Å². The second-order valence-corrected chi connectivity index (χ2v) is 7.73. The van der Waals surface area contributed by atoms with E-state index in [4.69, 9.17) is 27.9 Å². The summed E-state index contributed by atoms with van der Waals surface area (Å²) in [6, 6.07) is 14.6. The van der Waals surface area contributed by atoms with Crippen molar-refractivity contribution < 1.29 is 9.53 Å². The molecule has 30 heavy (non-hydrogen) atoms. The molecule has 0 saturated heterocycles. The number of ether oxygens (including phenoxy) is 1. The molecule has 0 bridgehead atoms. The number of allylic oxidation sites excluding steroid dienone is 1. The first-order chi connectivity index (χ1) is 14.4. The van der Waals surface area contributed by atoms with E-state index in [0.29, 0.717) is 45.1 Å². The molecule has 5 nitrogen and oxygen atoms in total. The summed E-state index contributed by atoms with van der Waals surface area (Å²) in [4.78, 5) is 17.8. The first-order valence-electron chi connectivity index (χ1n) is 9.51. The molecule has 1 N–H and O–H groups in total. The Balaban J connectivity index is 2.10. The van der Waals surface area contributed by atoms with E-state index in [1.165, 1.54) is 0 Å². The highest BCUT2D eigenvalue weighted by Gasteiger charge is 2.38. The van der Waals surface area contributed by atoms with Crippen LogP contribution in [0.4, 0.5) is 5.69 Å². The summed E-state index contributed by atoms with van der Waals surface area (Å²) in [5.74, 6) is -0.856. The second kappa shape index (κ2) is 9.34. The molecular formula is C23H21Cl2N3O2. The van der Waals surface area contributed by atoms with Crippen LogP contribution in [-0.2, 0) is 4.79 Å². The van der Waals surface area contributed by atoms with E-state index < -0.39 is 11.8 Å². The Morgan fingerprint density at radius 1 is 1.23 bits per heavy atom. The maximum absolute atomic E-state index is 13.4. The van der Waals surface area contributed by atoms with E-state index in [2.05, 4.69) is 16.4 Å². The van der Waals surface area contributed by atoms with Gasteiger partial charge in [0.15, 0.2) is 0 Å². The number of nitrogens with one attached hydrogen (secondary N) is 1. The van der Waals surface area contributed by atoms with Crippen LogP contribution in [0.2, 0.25) is 10.0 Å². The van der Waals surface area contributed by atoms with Crippen molar-refractivity contribution in [3.63, 3.8) is 0 Å². The monoisotopic (exact) mass is 441 g/mol. The van der Waals surface area contributed by atoms with Crippen molar-refractivity contribution in [2.24, 2.45) is 10.9 Å². The van der Waals surface area contributed by atoms with Gasteiger partial charge in [-0.05, 0) is 45.0 Å². The number of aliphatic imine (C=N–C) groups is 1. The SMILES string of the molecule is CCOc1ccccc1C1C(C(=O)Nc2ccc(Cl)cc2Cl)=C(C)N=C(C)C1C#N. The van der Waals surface area contributed by atoms with Crippen LogP contribution < -0.4 is 10.1 Å². The quantitative estimate of drug-likeness (QED) is 0.617. The number of nitrogens with zero attached hydrogens (tertiary/aromatic N) is 2. The van der Waals surface area contributed by atoms with Crippen LogP contribution >= 0.6 is 23.2 Å². The minimum absolute atomic E-state index is 0.327. The highest BCUT2D eigenvalue weighted by atomic mass is 35.5. The molecule has 2 unspecified atom stereocenters. The number of nitriles is 1. The zero-order valence-corrected chi connectivity index (χ0v) is 18.4. The number of carbonyl (C=O) groups is 1. The van der Waals surface area contributed by atoms with Crippen LogP contribution in [0.25, 0.3) is 0 Å². The summed E-state index contributed by atoms with van der Waals surface area (Å²) < 4.78 is 5.79. The molecular weight excluding hydrogens is 421 g/mol. The average molecular weight is 442 g/mol. The molecule has 0 radical (unpaired) electrons. The van der Waals surface area contributed by atoms with Gasteiger partial charge in [0.25, 0.3) is 5.91 Å². The summed E-state index contributed by atoms with van der Waals surface area (Å²) in [5, 5.41) is 13.5. The lowest BCUT2D eigenvalue weighted by atomic mass is 9.75. The molecule has 2 atom stereocenters. The minimum atomic E-state index is -0.600. The summed E-state index contributed by atoms with van der Waals surface area (Å²) in [6.45, 7) is 5.94. The Labute approximate surface area is 186 Å². The fourth-order valence-electron chi connectivity index (χ4n) is 3.64. The van der Waals surface area contributed by atoms with Gasteiger partial charge in [0.1, 0.15) is 5.75 Å². The van der Waals surface area contributed by atoms with Gasteiger partial charge in [0.05, 0.1) is 29.3 Å². The summed E-state index contributed by atoms with van der Waals surface area (Å²) >= 11 is 12.2. The largest absolute Gasteiger partial charge is 0.494 e. The lowest BCUT2D eigenvalue weighted by Crippen LogP contribution is -2.31. The van der Waals surface area contributed by atoms with E-state index in [1.807, 2.05) is 31.2 Å². The maximum atomic E-state index is 13.4. The smallest absolute Gasteiger partial charge is 0.254 e. The first kappa shape index (κ1) is 21.9. The van der Waals surface area contributed by atoms with E-state index in [9.17, 15) is 10.1 Å². The Hall–Kier alpha value is -2.81. The Morgan fingerprint density at radius 2 is 1.97 bits per heavy atom. The molecule has 154 valence electrons. The fourth-order valence-corrected chi connectivity index (χ4v) is 4.10. The number of rotatable bonds is 5. The van der Waals surface area contributed by atoms with Crippen molar-refractivity contribution >= 4 is 40.5 Å². The molecule has 1 amide bonds. The van der Waals surface area contributed by atoms with Gasteiger partial charge in [-0.2, -0.15) is 5.26 Å². The van der Waals surface area contributed by atoms with Crippen LogP contribution in [-0.4, -0.2) is 18.2 Å². The maximum Gasteiger partial charge on any atom is 0.254 e. The van der Waals surface area contributed by atoms with Gasteiger partial charge in [-0.1, -0.05) is 41.4 Å². The molecule has 0 aliphatic carbocycles. The Kier molecular flexibility index (Phi) is 6.81. The van der Waals surface area contributed by atoms with E-state index in [0.717, 1.165) is 5.56 Å². The van der Waals surface area contributed by atoms with Crippen molar-refractivity contribution in [3.05, 3.63) is 69.3 Å². The van der Waals surface area contributed by atoms with E-state index in [1.54, 1.807) is 32.0 Å².